The molecule has 5 heteroatoms. The fraction of sp³-hybridized carbons (Fsp3) is 0.500. The fourth-order valence-electron chi connectivity index (χ4n) is 2.11. The summed E-state index contributed by atoms with van der Waals surface area (Å²) in [7, 11) is 1.65. The molecule has 0 aliphatic heterocycles. The molecule has 104 valence electrons. The number of aliphatic hydroxyl groups is 1. The van der Waals surface area contributed by atoms with Crippen molar-refractivity contribution in [3.63, 3.8) is 0 Å². The van der Waals surface area contributed by atoms with Crippen molar-refractivity contribution >= 4 is 37.5 Å². The van der Waals surface area contributed by atoms with Crippen molar-refractivity contribution in [2.24, 2.45) is 5.41 Å². The molecule has 0 amide bonds. The summed E-state index contributed by atoms with van der Waals surface area (Å²) in [5, 5.41) is 10.7. The molecule has 0 radical (unpaired) electrons. The van der Waals surface area contributed by atoms with Crippen LogP contribution in [0.5, 0.6) is 5.75 Å². The van der Waals surface area contributed by atoms with Crippen molar-refractivity contribution < 1.29 is 9.84 Å². The smallest absolute Gasteiger partial charge is 0.160 e. The monoisotopic (exact) mass is 343 g/mol. The molecule has 1 N–H and O–H groups in total. The number of methoxy groups -OCH3 is 1. The van der Waals surface area contributed by atoms with E-state index in [1.165, 1.54) is 0 Å². The van der Waals surface area contributed by atoms with Gasteiger partial charge in [0.05, 0.1) is 23.4 Å². The third-order valence-electron chi connectivity index (χ3n) is 3.23. The van der Waals surface area contributed by atoms with Crippen molar-refractivity contribution in [2.45, 2.75) is 33.8 Å². The first-order valence-electron chi connectivity index (χ1n) is 6.07. The SMILES string of the molecule is COc1cc2sc(Br)nc2c(C(O)C(C)(C)C)c1C. The third-order valence-corrected chi connectivity index (χ3v) is 4.69. The number of fused-ring (bicyclic) bond motifs is 1. The van der Waals surface area contributed by atoms with Gasteiger partial charge in [0.25, 0.3) is 0 Å². The lowest BCUT2D eigenvalue weighted by atomic mass is 9.82. The number of ether oxygens (including phenoxy) is 1. The van der Waals surface area contributed by atoms with Crippen LogP contribution in [0.15, 0.2) is 9.98 Å². The van der Waals surface area contributed by atoms with E-state index in [-0.39, 0.29) is 5.41 Å². The minimum Gasteiger partial charge on any atom is -0.496 e. The summed E-state index contributed by atoms with van der Waals surface area (Å²) in [4.78, 5) is 4.50. The van der Waals surface area contributed by atoms with Crippen molar-refractivity contribution in [1.82, 2.24) is 4.98 Å². The molecule has 1 heterocycles. The van der Waals surface area contributed by atoms with Gasteiger partial charge in [-0.15, -0.1) is 11.3 Å². The molecule has 1 atom stereocenters. The Morgan fingerprint density at radius 1 is 1.42 bits per heavy atom. The Bertz CT molecular complexity index is 616. The Labute approximate surface area is 125 Å². The molecule has 0 fully saturated rings. The molecule has 1 aromatic carbocycles. The van der Waals surface area contributed by atoms with Gasteiger partial charge in [-0.1, -0.05) is 20.8 Å². The molecular weight excluding hydrogens is 326 g/mol. The molecule has 3 nitrogen and oxygen atoms in total. The van der Waals surface area contributed by atoms with Gasteiger partial charge in [0.15, 0.2) is 3.92 Å². The van der Waals surface area contributed by atoms with E-state index in [0.717, 1.165) is 31.0 Å². The predicted octanol–water partition coefficient (Wildman–Crippen LogP) is 4.46. The number of aromatic nitrogens is 1. The number of rotatable bonds is 2. The standard InChI is InChI=1S/C14H18BrNO2S/c1-7-8(18-5)6-9-11(16-13(15)19-9)10(7)12(17)14(2,3)4/h6,12,17H,1-5H3. The number of hydrogen-bond acceptors (Lipinski definition) is 4. The highest BCUT2D eigenvalue weighted by Gasteiger charge is 2.29. The van der Waals surface area contributed by atoms with Gasteiger partial charge >= 0.3 is 0 Å². The topological polar surface area (TPSA) is 42.4 Å². The Balaban J connectivity index is 2.79. The lowest BCUT2D eigenvalue weighted by Crippen LogP contribution is -2.19. The van der Waals surface area contributed by atoms with Crippen LogP contribution in [-0.4, -0.2) is 17.2 Å². The molecule has 0 aliphatic rings. The molecule has 0 saturated heterocycles. The van der Waals surface area contributed by atoms with Crippen LogP contribution in [0.25, 0.3) is 10.2 Å². The lowest BCUT2D eigenvalue weighted by molar-refractivity contribution is 0.0630. The second-order valence-electron chi connectivity index (χ2n) is 5.70. The maximum atomic E-state index is 10.7. The van der Waals surface area contributed by atoms with Crippen LogP contribution in [-0.2, 0) is 0 Å². The number of nitrogens with zero attached hydrogens (tertiary/aromatic N) is 1. The average Bonchev–Trinajstić information content (AvgIpc) is 2.66. The van der Waals surface area contributed by atoms with Crippen molar-refractivity contribution in [2.75, 3.05) is 7.11 Å². The molecule has 0 saturated carbocycles. The molecule has 0 bridgehead atoms. The predicted molar refractivity (Wildman–Crippen MR) is 83.0 cm³/mol. The summed E-state index contributed by atoms with van der Waals surface area (Å²) in [6.07, 6.45) is -0.584. The first kappa shape index (κ1) is 14.8. The van der Waals surface area contributed by atoms with Crippen LogP contribution in [0.1, 0.15) is 38.0 Å². The molecule has 0 aliphatic carbocycles. The van der Waals surface area contributed by atoms with Gasteiger partial charge in [-0.05, 0) is 39.9 Å². The average molecular weight is 344 g/mol. The Morgan fingerprint density at radius 3 is 2.58 bits per heavy atom. The largest absolute Gasteiger partial charge is 0.496 e. The van der Waals surface area contributed by atoms with E-state index in [2.05, 4.69) is 20.9 Å². The number of aliphatic hydroxyl groups excluding tert-OH is 1. The molecule has 0 spiro atoms. The zero-order valence-corrected chi connectivity index (χ0v) is 14.1. The van der Waals surface area contributed by atoms with Crippen LogP contribution in [0.4, 0.5) is 0 Å². The summed E-state index contributed by atoms with van der Waals surface area (Å²) < 4.78 is 7.26. The summed E-state index contributed by atoms with van der Waals surface area (Å²) in [5.41, 5.74) is 2.43. The molecular formula is C14H18BrNO2S. The highest BCUT2D eigenvalue weighted by Crippen LogP contribution is 2.43. The van der Waals surface area contributed by atoms with Gasteiger partial charge in [-0.25, -0.2) is 4.98 Å². The van der Waals surface area contributed by atoms with Crippen molar-refractivity contribution in [3.8, 4) is 5.75 Å². The van der Waals surface area contributed by atoms with Gasteiger partial charge in [-0.2, -0.15) is 0 Å². The van der Waals surface area contributed by atoms with Crippen LogP contribution in [0.3, 0.4) is 0 Å². The Kier molecular flexibility index (Phi) is 3.91. The van der Waals surface area contributed by atoms with E-state index in [1.54, 1.807) is 18.4 Å². The van der Waals surface area contributed by atoms with E-state index >= 15 is 0 Å². The summed E-state index contributed by atoms with van der Waals surface area (Å²) in [6.45, 7) is 8.02. The minimum absolute atomic E-state index is 0.250. The van der Waals surface area contributed by atoms with Crippen molar-refractivity contribution in [1.29, 1.82) is 0 Å². The van der Waals surface area contributed by atoms with Crippen LogP contribution >= 0.6 is 27.3 Å². The van der Waals surface area contributed by atoms with E-state index in [0.29, 0.717) is 0 Å². The summed E-state index contributed by atoms with van der Waals surface area (Å²) in [5.74, 6) is 0.793. The molecule has 2 aromatic rings. The highest BCUT2D eigenvalue weighted by molar-refractivity contribution is 9.11. The molecule has 2 rings (SSSR count). The highest BCUT2D eigenvalue weighted by atomic mass is 79.9. The van der Waals surface area contributed by atoms with Crippen LogP contribution in [0.2, 0.25) is 0 Å². The van der Waals surface area contributed by atoms with Gasteiger partial charge < -0.3 is 9.84 Å². The fourth-order valence-corrected chi connectivity index (χ4v) is 3.55. The second kappa shape index (κ2) is 5.04. The first-order chi connectivity index (χ1) is 8.75. The van der Waals surface area contributed by atoms with Crippen molar-refractivity contribution in [3.05, 3.63) is 21.1 Å². The lowest BCUT2D eigenvalue weighted by Gasteiger charge is -2.28. The van der Waals surface area contributed by atoms with E-state index in [1.807, 2.05) is 33.8 Å². The maximum absolute atomic E-state index is 10.7. The minimum atomic E-state index is -0.584. The zero-order chi connectivity index (χ0) is 14.4. The van der Waals surface area contributed by atoms with Gasteiger partial charge in [0.1, 0.15) is 5.75 Å². The van der Waals surface area contributed by atoms with Gasteiger partial charge in [0.2, 0.25) is 0 Å². The molecule has 19 heavy (non-hydrogen) atoms. The first-order valence-corrected chi connectivity index (χ1v) is 7.68. The third kappa shape index (κ3) is 2.64. The Morgan fingerprint density at radius 2 is 2.05 bits per heavy atom. The normalized spacial score (nSPS) is 13.8. The van der Waals surface area contributed by atoms with E-state index < -0.39 is 6.10 Å². The number of thiazole rings is 1. The summed E-state index contributed by atoms with van der Waals surface area (Å²) >= 11 is 4.96. The second-order valence-corrected chi connectivity index (χ2v) is 8.01. The molecule has 1 unspecified atom stereocenters. The molecule has 1 aromatic heterocycles. The number of benzene rings is 1. The zero-order valence-electron chi connectivity index (χ0n) is 11.7. The van der Waals surface area contributed by atoms with E-state index in [9.17, 15) is 5.11 Å². The quantitative estimate of drug-likeness (QED) is 0.875. The maximum Gasteiger partial charge on any atom is 0.160 e. The summed E-state index contributed by atoms with van der Waals surface area (Å²) in [6, 6.07) is 1.98. The van der Waals surface area contributed by atoms with Gasteiger partial charge in [-0.3, -0.25) is 0 Å². The number of hydrogen-bond donors (Lipinski definition) is 1. The Hall–Kier alpha value is -0.650. The van der Waals surface area contributed by atoms with E-state index in [4.69, 9.17) is 4.74 Å². The van der Waals surface area contributed by atoms with Crippen LogP contribution < -0.4 is 4.74 Å². The van der Waals surface area contributed by atoms with Gasteiger partial charge in [0, 0.05) is 5.56 Å². The number of halogens is 1. The van der Waals surface area contributed by atoms with Crippen LogP contribution in [0, 0.1) is 12.3 Å².